The summed E-state index contributed by atoms with van der Waals surface area (Å²) in [6, 6.07) is 13.0. The van der Waals surface area contributed by atoms with Gasteiger partial charge in [0.2, 0.25) is 11.8 Å². The maximum Gasteiger partial charge on any atom is 0.410 e. The van der Waals surface area contributed by atoms with Crippen molar-refractivity contribution in [1.29, 1.82) is 0 Å². The molecule has 1 heterocycles. The van der Waals surface area contributed by atoms with E-state index in [4.69, 9.17) is 4.74 Å². The molecule has 2 aliphatic rings. The number of benzene rings is 2. The summed E-state index contributed by atoms with van der Waals surface area (Å²) in [7, 11) is 1.49. The molecule has 0 bridgehead atoms. The highest BCUT2D eigenvalue weighted by Crippen LogP contribution is 2.35. The minimum Gasteiger partial charge on any atom is -0.444 e. The summed E-state index contributed by atoms with van der Waals surface area (Å²) in [6.07, 6.45) is 2.56. The lowest BCUT2D eigenvalue weighted by Gasteiger charge is -2.34. The molecular weight excluding hydrogens is 532 g/mol. The van der Waals surface area contributed by atoms with Crippen LogP contribution in [0.25, 0.3) is 0 Å². The van der Waals surface area contributed by atoms with Crippen molar-refractivity contribution in [2.75, 3.05) is 11.9 Å². The van der Waals surface area contributed by atoms with E-state index in [1.807, 2.05) is 50.2 Å². The molecule has 0 saturated heterocycles. The highest BCUT2D eigenvalue weighted by Gasteiger charge is 2.43. The van der Waals surface area contributed by atoms with Crippen LogP contribution in [0, 0.1) is 5.92 Å². The van der Waals surface area contributed by atoms with Gasteiger partial charge in [-0.1, -0.05) is 56.3 Å². The number of likely N-dealkylation sites (N-methyl/N-ethyl adjacent to an activating group) is 1. The number of fused-ring (bicyclic) bond motifs is 2. The predicted molar refractivity (Wildman–Crippen MR) is 162 cm³/mol. The van der Waals surface area contributed by atoms with Crippen molar-refractivity contribution in [3.8, 4) is 0 Å². The molecule has 42 heavy (non-hydrogen) atoms. The zero-order valence-electron chi connectivity index (χ0n) is 25.8. The molecule has 2 N–H and O–H groups in total. The Morgan fingerprint density at radius 2 is 1.62 bits per heavy atom. The number of amides is 4. The van der Waals surface area contributed by atoms with Gasteiger partial charge in [-0.2, -0.15) is 0 Å². The Balaban J connectivity index is 1.55. The van der Waals surface area contributed by atoms with Crippen molar-refractivity contribution in [2.45, 2.75) is 97.0 Å². The molecule has 4 rings (SSSR count). The van der Waals surface area contributed by atoms with E-state index in [1.54, 1.807) is 32.6 Å². The summed E-state index contributed by atoms with van der Waals surface area (Å²) in [6.45, 7) is 10.5. The van der Waals surface area contributed by atoms with E-state index in [1.165, 1.54) is 17.5 Å². The first-order valence-corrected chi connectivity index (χ1v) is 14.8. The standard InChI is InChI=1S/C33H44N4O5/c1-20(2)28(35-29(38)21(3)36(7)32(41)42-33(4,5)6)31(40)37-26-18-11-9-14-23(26)19-27(37)30(39)34-25-17-12-15-22-13-8-10-16-24(22)25/h8-11,13-14,16,18,20-21,25,27-28H,12,15,17,19H2,1-7H3,(H,34,39)(H,35,38)/t21-,25+,27-,28-/m0/s1. The van der Waals surface area contributed by atoms with Gasteiger partial charge in [-0.15, -0.1) is 0 Å². The van der Waals surface area contributed by atoms with Crippen LogP contribution in [0.3, 0.4) is 0 Å². The number of ether oxygens (including phenoxy) is 1. The Labute approximate surface area is 249 Å². The van der Waals surface area contributed by atoms with E-state index < -0.39 is 35.7 Å². The minimum absolute atomic E-state index is 0.118. The second-order valence-electron chi connectivity index (χ2n) is 12.7. The third-order valence-electron chi connectivity index (χ3n) is 8.07. The van der Waals surface area contributed by atoms with E-state index in [0.717, 1.165) is 30.4 Å². The average molecular weight is 577 g/mol. The van der Waals surface area contributed by atoms with Crippen molar-refractivity contribution in [3.05, 3.63) is 65.2 Å². The number of nitrogens with one attached hydrogen (secondary N) is 2. The van der Waals surface area contributed by atoms with Gasteiger partial charge in [-0.3, -0.25) is 24.2 Å². The van der Waals surface area contributed by atoms with Crippen LogP contribution in [-0.4, -0.2) is 59.5 Å². The molecule has 2 aromatic rings. The lowest BCUT2D eigenvalue weighted by molar-refractivity contribution is -0.132. The summed E-state index contributed by atoms with van der Waals surface area (Å²) in [5.74, 6) is -1.34. The number of rotatable bonds is 7. The molecule has 0 unspecified atom stereocenters. The van der Waals surface area contributed by atoms with E-state index in [0.29, 0.717) is 12.1 Å². The molecule has 1 aliphatic heterocycles. The van der Waals surface area contributed by atoms with Gasteiger partial charge >= 0.3 is 6.09 Å². The number of hydrogen-bond donors (Lipinski definition) is 2. The molecule has 9 nitrogen and oxygen atoms in total. The molecule has 2 aromatic carbocycles. The van der Waals surface area contributed by atoms with Crippen LogP contribution in [0.5, 0.6) is 0 Å². The number of nitrogens with zero attached hydrogens (tertiary/aromatic N) is 2. The van der Waals surface area contributed by atoms with Crippen molar-refractivity contribution in [3.63, 3.8) is 0 Å². The zero-order valence-corrected chi connectivity index (χ0v) is 25.8. The van der Waals surface area contributed by atoms with Crippen LogP contribution in [0.15, 0.2) is 48.5 Å². The highest BCUT2D eigenvalue weighted by molar-refractivity contribution is 6.07. The summed E-state index contributed by atoms with van der Waals surface area (Å²) in [4.78, 5) is 56.7. The Bertz CT molecular complexity index is 1330. The Kier molecular flexibility index (Phi) is 9.28. The van der Waals surface area contributed by atoms with Gasteiger partial charge < -0.3 is 15.4 Å². The number of anilines is 1. The lowest BCUT2D eigenvalue weighted by Crippen LogP contribution is -2.59. The van der Waals surface area contributed by atoms with Gasteiger partial charge in [0.15, 0.2) is 0 Å². The molecule has 4 atom stereocenters. The Hall–Kier alpha value is -3.88. The van der Waals surface area contributed by atoms with Gasteiger partial charge in [-0.25, -0.2) is 4.79 Å². The van der Waals surface area contributed by atoms with Crippen molar-refractivity contribution in [1.82, 2.24) is 15.5 Å². The first-order chi connectivity index (χ1) is 19.8. The van der Waals surface area contributed by atoms with Gasteiger partial charge in [0.25, 0.3) is 5.91 Å². The van der Waals surface area contributed by atoms with E-state index in [2.05, 4.69) is 22.8 Å². The molecule has 0 aromatic heterocycles. The monoisotopic (exact) mass is 576 g/mol. The molecule has 1 aliphatic carbocycles. The van der Waals surface area contributed by atoms with Crippen molar-refractivity contribution >= 4 is 29.5 Å². The molecule has 9 heteroatoms. The number of para-hydroxylation sites is 1. The molecule has 226 valence electrons. The van der Waals surface area contributed by atoms with Gasteiger partial charge in [0, 0.05) is 19.2 Å². The number of carbonyl (C=O) groups excluding carboxylic acids is 4. The van der Waals surface area contributed by atoms with Crippen LogP contribution in [0.1, 0.15) is 77.1 Å². The number of carbonyl (C=O) groups is 4. The summed E-state index contributed by atoms with van der Waals surface area (Å²) < 4.78 is 5.40. The number of hydrogen-bond acceptors (Lipinski definition) is 5. The first kappa shape index (κ1) is 31.1. The second-order valence-corrected chi connectivity index (χ2v) is 12.7. The zero-order chi connectivity index (χ0) is 30.8. The summed E-state index contributed by atoms with van der Waals surface area (Å²) in [5, 5.41) is 6.10. The molecule has 0 spiro atoms. The Morgan fingerprint density at radius 1 is 0.976 bits per heavy atom. The summed E-state index contributed by atoms with van der Waals surface area (Å²) in [5.41, 5.74) is 3.23. The van der Waals surface area contributed by atoms with Crippen molar-refractivity contribution < 1.29 is 23.9 Å². The van der Waals surface area contributed by atoms with Gasteiger partial charge in [-0.05, 0) is 75.6 Å². The maximum atomic E-state index is 14.2. The highest BCUT2D eigenvalue weighted by atomic mass is 16.6. The van der Waals surface area contributed by atoms with E-state index >= 15 is 0 Å². The SMILES string of the molecule is CC(C)[C@H](NC(=O)[C@H](C)N(C)C(=O)OC(C)(C)C)C(=O)N1c2ccccc2C[C@H]1C(=O)N[C@@H]1CCCc2ccccc21. The minimum atomic E-state index is -0.913. The second kappa shape index (κ2) is 12.5. The third-order valence-corrected chi connectivity index (χ3v) is 8.07. The molecule has 0 radical (unpaired) electrons. The number of aryl methyl sites for hydroxylation is 1. The van der Waals surface area contributed by atoms with Crippen LogP contribution in [0.4, 0.5) is 10.5 Å². The Morgan fingerprint density at radius 3 is 2.29 bits per heavy atom. The van der Waals surface area contributed by atoms with Gasteiger partial charge in [0.1, 0.15) is 23.7 Å². The lowest BCUT2D eigenvalue weighted by atomic mass is 9.87. The normalized spacial score (nSPS) is 19.3. The molecule has 4 amide bonds. The smallest absolute Gasteiger partial charge is 0.410 e. The molecule has 0 fully saturated rings. The van der Waals surface area contributed by atoms with Crippen molar-refractivity contribution in [2.24, 2.45) is 5.92 Å². The quantitative estimate of drug-likeness (QED) is 0.504. The fourth-order valence-electron chi connectivity index (χ4n) is 5.65. The summed E-state index contributed by atoms with van der Waals surface area (Å²) >= 11 is 0. The molecule has 0 saturated carbocycles. The van der Waals surface area contributed by atoms with Crippen LogP contribution in [-0.2, 0) is 32.0 Å². The maximum absolute atomic E-state index is 14.2. The average Bonchev–Trinajstić information content (AvgIpc) is 3.33. The molecular formula is C33H44N4O5. The van der Waals surface area contributed by atoms with Gasteiger partial charge in [0.05, 0.1) is 6.04 Å². The topological polar surface area (TPSA) is 108 Å². The van der Waals surface area contributed by atoms with Crippen LogP contribution in [0.2, 0.25) is 0 Å². The fraction of sp³-hybridized carbons (Fsp3) is 0.515. The third kappa shape index (κ3) is 6.77. The van der Waals surface area contributed by atoms with Crippen LogP contribution < -0.4 is 15.5 Å². The first-order valence-electron chi connectivity index (χ1n) is 14.8. The van der Waals surface area contributed by atoms with Crippen LogP contribution >= 0.6 is 0 Å². The predicted octanol–water partition coefficient (Wildman–Crippen LogP) is 4.53. The largest absolute Gasteiger partial charge is 0.444 e. The van der Waals surface area contributed by atoms with E-state index in [-0.39, 0.29) is 23.8 Å². The van der Waals surface area contributed by atoms with E-state index in [9.17, 15) is 19.2 Å². The fourth-order valence-corrected chi connectivity index (χ4v) is 5.65.